The van der Waals surface area contributed by atoms with E-state index < -0.39 is 6.10 Å². The molecule has 2 aromatic carbocycles. The predicted octanol–water partition coefficient (Wildman–Crippen LogP) is 2.21. The van der Waals surface area contributed by atoms with Crippen LogP contribution in [0.3, 0.4) is 0 Å². The number of piperazine rings is 1. The number of rotatable bonds is 9. The molecule has 1 unspecified atom stereocenters. The first-order valence-corrected chi connectivity index (χ1v) is 11.0. The molecular formula is C25H30N4O3. The minimum absolute atomic E-state index is 0.0953. The van der Waals surface area contributed by atoms with Crippen LogP contribution in [-0.4, -0.2) is 70.3 Å². The zero-order chi connectivity index (χ0) is 22.3. The summed E-state index contributed by atoms with van der Waals surface area (Å²) in [6, 6.07) is 15.2. The van der Waals surface area contributed by atoms with Crippen LogP contribution >= 0.6 is 0 Å². The summed E-state index contributed by atoms with van der Waals surface area (Å²) in [6.45, 7) is 8.63. The average molecular weight is 435 g/mol. The van der Waals surface area contributed by atoms with Crippen LogP contribution in [0.2, 0.25) is 0 Å². The first kappa shape index (κ1) is 22.2. The molecule has 3 aromatic rings. The monoisotopic (exact) mass is 434 g/mol. The van der Waals surface area contributed by atoms with Gasteiger partial charge in [0.15, 0.2) is 0 Å². The van der Waals surface area contributed by atoms with E-state index in [1.807, 2.05) is 48.5 Å². The Labute approximate surface area is 188 Å². The number of hydrogen-bond acceptors (Lipinski definition) is 6. The maximum absolute atomic E-state index is 12.3. The fourth-order valence-electron chi connectivity index (χ4n) is 4.06. The molecule has 0 aliphatic carbocycles. The van der Waals surface area contributed by atoms with Crippen molar-refractivity contribution in [2.24, 2.45) is 0 Å². The summed E-state index contributed by atoms with van der Waals surface area (Å²) in [5, 5.41) is 11.1. The van der Waals surface area contributed by atoms with Gasteiger partial charge in [-0.2, -0.15) is 0 Å². The van der Waals surface area contributed by atoms with Crippen LogP contribution in [0, 0.1) is 0 Å². The second kappa shape index (κ2) is 10.5. The highest BCUT2D eigenvalue weighted by Gasteiger charge is 2.20. The number of ether oxygens (including phenoxy) is 1. The van der Waals surface area contributed by atoms with Crippen LogP contribution in [-0.2, 0) is 13.0 Å². The Bertz CT molecular complexity index is 1110. The Balaban J connectivity index is 1.24. The molecule has 7 nitrogen and oxygen atoms in total. The van der Waals surface area contributed by atoms with Crippen molar-refractivity contribution < 1.29 is 9.84 Å². The van der Waals surface area contributed by atoms with Gasteiger partial charge in [-0.15, -0.1) is 6.58 Å². The molecule has 168 valence electrons. The van der Waals surface area contributed by atoms with Gasteiger partial charge in [-0.05, 0) is 30.2 Å². The molecular weight excluding hydrogens is 404 g/mol. The highest BCUT2D eigenvalue weighted by molar-refractivity contribution is 5.77. The molecule has 1 aliphatic heterocycles. The summed E-state index contributed by atoms with van der Waals surface area (Å²) in [5.74, 6) is 1.49. The van der Waals surface area contributed by atoms with Gasteiger partial charge in [0.2, 0.25) is 0 Å². The maximum Gasteiger partial charge on any atom is 0.258 e. The molecule has 0 bridgehead atoms. The Morgan fingerprint density at radius 3 is 2.62 bits per heavy atom. The molecule has 4 rings (SSSR count). The van der Waals surface area contributed by atoms with E-state index >= 15 is 0 Å². The number of para-hydroxylation sites is 2. The lowest BCUT2D eigenvalue weighted by Gasteiger charge is -2.35. The zero-order valence-electron chi connectivity index (χ0n) is 18.2. The number of aliphatic hydroxyl groups is 1. The summed E-state index contributed by atoms with van der Waals surface area (Å²) in [4.78, 5) is 24.3. The number of allylic oxidation sites excluding steroid dienone is 1. The molecule has 2 heterocycles. The summed E-state index contributed by atoms with van der Waals surface area (Å²) >= 11 is 0. The van der Waals surface area contributed by atoms with Crippen molar-refractivity contribution >= 4 is 10.9 Å². The van der Waals surface area contributed by atoms with E-state index in [0.29, 0.717) is 24.3 Å². The van der Waals surface area contributed by atoms with Crippen LogP contribution in [0.5, 0.6) is 5.75 Å². The maximum atomic E-state index is 12.3. The first-order valence-electron chi connectivity index (χ1n) is 11.0. The molecule has 1 aromatic heterocycles. The lowest BCUT2D eigenvalue weighted by molar-refractivity contribution is 0.0440. The van der Waals surface area contributed by atoms with E-state index in [1.54, 1.807) is 6.07 Å². The molecule has 1 aliphatic rings. The van der Waals surface area contributed by atoms with E-state index in [9.17, 15) is 9.90 Å². The highest BCUT2D eigenvalue weighted by atomic mass is 16.5. The van der Waals surface area contributed by atoms with E-state index in [0.717, 1.165) is 49.4 Å². The standard InChI is InChI=1S/C25H30N4O3/c1-2-7-19-8-3-6-11-23(19)32-18-20(30)16-28-12-14-29(15-13-28)17-24-26-22-10-5-4-9-21(22)25(31)27-24/h2-6,8-11,20,30H,1,7,12-18H2,(H,26,27,31). The largest absolute Gasteiger partial charge is 0.491 e. The van der Waals surface area contributed by atoms with Gasteiger partial charge >= 0.3 is 0 Å². The van der Waals surface area contributed by atoms with Crippen LogP contribution in [0.4, 0.5) is 0 Å². The van der Waals surface area contributed by atoms with Crippen molar-refractivity contribution in [3.8, 4) is 5.75 Å². The van der Waals surface area contributed by atoms with Crippen molar-refractivity contribution in [2.75, 3.05) is 39.3 Å². The fourth-order valence-corrected chi connectivity index (χ4v) is 4.06. The molecule has 1 saturated heterocycles. The second-order valence-electron chi connectivity index (χ2n) is 8.17. The molecule has 0 amide bonds. The SMILES string of the molecule is C=CCc1ccccc1OCC(O)CN1CCN(Cc2nc3ccccc3c(=O)[nH]2)CC1. The number of aromatic amines is 1. The molecule has 1 fully saturated rings. The van der Waals surface area contributed by atoms with Crippen LogP contribution in [0.15, 0.2) is 66.0 Å². The fraction of sp³-hybridized carbons (Fsp3) is 0.360. The molecule has 0 saturated carbocycles. The number of fused-ring (bicyclic) bond motifs is 1. The second-order valence-corrected chi connectivity index (χ2v) is 8.17. The predicted molar refractivity (Wildman–Crippen MR) is 126 cm³/mol. The van der Waals surface area contributed by atoms with E-state index in [-0.39, 0.29) is 12.2 Å². The summed E-state index contributed by atoms with van der Waals surface area (Å²) < 4.78 is 5.86. The van der Waals surface area contributed by atoms with Crippen LogP contribution in [0.1, 0.15) is 11.4 Å². The van der Waals surface area contributed by atoms with Gasteiger partial charge in [0.1, 0.15) is 24.3 Å². The Morgan fingerprint density at radius 2 is 1.81 bits per heavy atom. The third-order valence-electron chi connectivity index (χ3n) is 5.74. The van der Waals surface area contributed by atoms with Crippen molar-refractivity contribution in [3.05, 3.63) is 82.9 Å². The smallest absolute Gasteiger partial charge is 0.258 e. The van der Waals surface area contributed by atoms with Gasteiger partial charge in [-0.25, -0.2) is 4.98 Å². The number of aromatic nitrogens is 2. The number of aliphatic hydroxyl groups excluding tert-OH is 1. The molecule has 0 radical (unpaired) electrons. The summed E-state index contributed by atoms with van der Waals surface area (Å²) in [6.07, 6.45) is 2.03. The number of nitrogens with one attached hydrogen (secondary N) is 1. The number of benzene rings is 2. The van der Waals surface area contributed by atoms with E-state index in [1.165, 1.54) is 0 Å². The minimum atomic E-state index is -0.558. The van der Waals surface area contributed by atoms with Crippen molar-refractivity contribution in [1.29, 1.82) is 0 Å². The lowest BCUT2D eigenvalue weighted by atomic mass is 10.1. The molecule has 0 spiro atoms. The van der Waals surface area contributed by atoms with Crippen LogP contribution in [0.25, 0.3) is 10.9 Å². The minimum Gasteiger partial charge on any atom is -0.491 e. The van der Waals surface area contributed by atoms with Gasteiger partial charge < -0.3 is 14.8 Å². The Kier molecular flexibility index (Phi) is 7.32. The third kappa shape index (κ3) is 5.62. The summed E-state index contributed by atoms with van der Waals surface area (Å²) in [7, 11) is 0. The highest BCUT2D eigenvalue weighted by Crippen LogP contribution is 2.19. The third-order valence-corrected chi connectivity index (χ3v) is 5.74. The quantitative estimate of drug-likeness (QED) is 0.503. The van der Waals surface area contributed by atoms with Gasteiger partial charge in [-0.1, -0.05) is 36.4 Å². The Morgan fingerprint density at radius 1 is 1.09 bits per heavy atom. The molecule has 32 heavy (non-hydrogen) atoms. The summed E-state index contributed by atoms with van der Waals surface area (Å²) in [5.41, 5.74) is 1.70. The average Bonchev–Trinajstić information content (AvgIpc) is 2.80. The van der Waals surface area contributed by atoms with Gasteiger partial charge in [0, 0.05) is 32.7 Å². The van der Waals surface area contributed by atoms with Gasteiger partial charge in [0.25, 0.3) is 5.56 Å². The van der Waals surface area contributed by atoms with E-state index in [2.05, 4.69) is 26.3 Å². The molecule has 7 heteroatoms. The number of nitrogens with zero attached hydrogens (tertiary/aromatic N) is 3. The van der Waals surface area contributed by atoms with Crippen molar-refractivity contribution in [2.45, 2.75) is 19.1 Å². The van der Waals surface area contributed by atoms with Crippen molar-refractivity contribution in [3.63, 3.8) is 0 Å². The lowest BCUT2D eigenvalue weighted by Crippen LogP contribution is -2.49. The van der Waals surface area contributed by atoms with Gasteiger partial charge in [0.05, 0.1) is 17.4 Å². The number of H-pyrrole nitrogens is 1. The molecule has 2 N–H and O–H groups in total. The number of β-amino-alcohol motifs (C(OH)–C–C–N with tert-alkyl or cyclic N) is 1. The van der Waals surface area contributed by atoms with Gasteiger partial charge in [-0.3, -0.25) is 14.6 Å². The number of hydrogen-bond donors (Lipinski definition) is 2. The topological polar surface area (TPSA) is 81.7 Å². The Hall–Kier alpha value is -3.00. The van der Waals surface area contributed by atoms with Crippen molar-refractivity contribution in [1.82, 2.24) is 19.8 Å². The van der Waals surface area contributed by atoms with Crippen LogP contribution < -0.4 is 10.3 Å². The first-order chi connectivity index (χ1) is 15.6. The normalized spacial score (nSPS) is 16.2. The van der Waals surface area contributed by atoms with E-state index in [4.69, 9.17) is 4.74 Å². The molecule has 1 atom stereocenters. The zero-order valence-corrected chi connectivity index (χ0v) is 18.2.